The zero-order chi connectivity index (χ0) is 13.1. The monoisotopic (exact) mass is 271 g/mol. The topological polar surface area (TPSA) is 39.9 Å². The molecule has 0 amide bonds. The third-order valence-electron chi connectivity index (χ3n) is 3.79. The number of rotatable bonds is 3. The number of likely N-dealkylation sites (tertiary alicyclic amines) is 1. The van der Waals surface area contributed by atoms with Crippen molar-refractivity contribution in [1.82, 2.24) is 9.88 Å². The van der Waals surface area contributed by atoms with Crippen LogP contribution in [0, 0.1) is 11.3 Å². The second kappa shape index (κ2) is 5.68. The van der Waals surface area contributed by atoms with Crippen molar-refractivity contribution in [3.63, 3.8) is 0 Å². The van der Waals surface area contributed by atoms with E-state index in [4.69, 9.17) is 10.2 Å². The minimum Gasteiger partial charge on any atom is -0.302 e. The summed E-state index contributed by atoms with van der Waals surface area (Å²) in [5.74, 6) is 0.607. The summed E-state index contributed by atoms with van der Waals surface area (Å²) in [6, 6.07) is 10.6. The Balaban J connectivity index is 1.66. The van der Waals surface area contributed by atoms with Gasteiger partial charge in [-0.2, -0.15) is 5.26 Å². The van der Waals surface area contributed by atoms with E-state index in [-0.39, 0.29) is 0 Å². The summed E-state index contributed by atoms with van der Waals surface area (Å²) in [6.45, 7) is 3.12. The van der Waals surface area contributed by atoms with Gasteiger partial charge in [0.05, 0.1) is 21.3 Å². The van der Waals surface area contributed by atoms with Crippen LogP contribution in [0.4, 0.5) is 0 Å². The third-order valence-corrected chi connectivity index (χ3v) is 4.99. The van der Waals surface area contributed by atoms with Crippen LogP contribution in [0.3, 0.4) is 0 Å². The molecular formula is C15H17N3S. The van der Waals surface area contributed by atoms with E-state index < -0.39 is 0 Å². The van der Waals surface area contributed by atoms with Gasteiger partial charge in [-0.3, -0.25) is 0 Å². The fourth-order valence-corrected chi connectivity index (χ4v) is 3.81. The van der Waals surface area contributed by atoms with Gasteiger partial charge >= 0.3 is 0 Å². The molecule has 0 N–H and O–H groups in total. The maximum atomic E-state index is 8.62. The summed E-state index contributed by atoms with van der Waals surface area (Å²) in [5, 5.41) is 9.92. The SMILES string of the molecule is N#CCCN1CCC(c2nc3ccccc3s2)CC1. The molecule has 1 fully saturated rings. The smallest absolute Gasteiger partial charge is 0.0970 e. The van der Waals surface area contributed by atoms with Crippen molar-refractivity contribution >= 4 is 21.6 Å². The molecule has 3 nitrogen and oxygen atoms in total. The van der Waals surface area contributed by atoms with Gasteiger partial charge in [0.25, 0.3) is 0 Å². The molecule has 1 saturated heterocycles. The zero-order valence-corrected chi connectivity index (χ0v) is 11.7. The number of thiazole rings is 1. The molecule has 1 aliphatic heterocycles. The number of para-hydroxylation sites is 1. The quantitative estimate of drug-likeness (QED) is 0.859. The average molecular weight is 271 g/mol. The second-order valence-electron chi connectivity index (χ2n) is 5.04. The maximum Gasteiger partial charge on any atom is 0.0970 e. The lowest BCUT2D eigenvalue weighted by Crippen LogP contribution is -2.33. The highest BCUT2D eigenvalue weighted by molar-refractivity contribution is 7.18. The molecule has 0 spiro atoms. The van der Waals surface area contributed by atoms with E-state index in [9.17, 15) is 0 Å². The van der Waals surface area contributed by atoms with Crippen molar-refractivity contribution < 1.29 is 0 Å². The summed E-state index contributed by atoms with van der Waals surface area (Å²) < 4.78 is 1.30. The molecule has 0 radical (unpaired) electrons. The highest BCUT2D eigenvalue weighted by Gasteiger charge is 2.22. The minimum atomic E-state index is 0.607. The minimum absolute atomic E-state index is 0.607. The summed E-state index contributed by atoms with van der Waals surface area (Å²) in [4.78, 5) is 7.17. The van der Waals surface area contributed by atoms with Gasteiger partial charge in [0, 0.05) is 18.9 Å². The Morgan fingerprint density at radius 1 is 1.32 bits per heavy atom. The zero-order valence-electron chi connectivity index (χ0n) is 10.9. The lowest BCUT2D eigenvalue weighted by molar-refractivity contribution is 0.216. The molecule has 2 heterocycles. The normalized spacial score (nSPS) is 17.6. The molecule has 1 aromatic carbocycles. The highest BCUT2D eigenvalue weighted by atomic mass is 32.1. The Morgan fingerprint density at radius 2 is 2.11 bits per heavy atom. The molecule has 0 atom stereocenters. The van der Waals surface area contributed by atoms with Gasteiger partial charge in [0.2, 0.25) is 0 Å². The Labute approximate surface area is 117 Å². The van der Waals surface area contributed by atoms with Crippen LogP contribution < -0.4 is 0 Å². The van der Waals surface area contributed by atoms with Crippen LogP contribution in [0.25, 0.3) is 10.2 Å². The number of nitriles is 1. The third kappa shape index (κ3) is 2.78. The fraction of sp³-hybridized carbons (Fsp3) is 0.467. The van der Waals surface area contributed by atoms with Gasteiger partial charge in [-0.25, -0.2) is 4.98 Å². The largest absolute Gasteiger partial charge is 0.302 e. The van der Waals surface area contributed by atoms with E-state index in [1.54, 1.807) is 0 Å². The van der Waals surface area contributed by atoms with Crippen molar-refractivity contribution in [1.29, 1.82) is 5.26 Å². The first-order chi connectivity index (χ1) is 9.36. The Kier molecular flexibility index (Phi) is 3.77. The fourth-order valence-electron chi connectivity index (χ4n) is 2.68. The van der Waals surface area contributed by atoms with Crippen molar-refractivity contribution in [3.05, 3.63) is 29.3 Å². The number of nitrogens with zero attached hydrogens (tertiary/aromatic N) is 3. The average Bonchev–Trinajstić information content (AvgIpc) is 2.89. The van der Waals surface area contributed by atoms with Crippen molar-refractivity contribution in [2.24, 2.45) is 0 Å². The number of aromatic nitrogens is 1. The van der Waals surface area contributed by atoms with Crippen molar-refractivity contribution in [2.75, 3.05) is 19.6 Å². The predicted molar refractivity (Wildman–Crippen MR) is 78.3 cm³/mol. The lowest BCUT2D eigenvalue weighted by Gasteiger charge is -2.30. The summed E-state index contributed by atoms with van der Waals surface area (Å²) in [6.07, 6.45) is 2.99. The van der Waals surface area contributed by atoms with Crippen LogP contribution in [0.15, 0.2) is 24.3 Å². The van der Waals surface area contributed by atoms with Crippen LogP contribution in [-0.2, 0) is 0 Å². The summed E-state index contributed by atoms with van der Waals surface area (Å²) in [5.41, 5.74) is 1.13. The molecule has 2 aromatic rings. The van der Waals surface area contributed by atoms with Crippen molar-refractivity contribution in [2.45, 2.75) is 25.2 Å². The Hall–Kier alpha value is -1.44. The van der Waals surface area contributed by atoms with E-state index in [1.165, 1.54) is 22.5 Å². The van der Waals surface area contributed by atoms with Gasteiger partial charge in [-0.15, -0.1) is 11.3 Å². The van der Waals surface area contributed by atoms with E-state index >= 15 is 0 Å². The molecule has 19 heavy (non-hydrogen) atoms. The molecule has 0 unspecified atom stereocenters. The molecule has 0 bridgehead atoms. The first-order valence-corrected chi connectivity index (χ1v) is 7.63. The van der Waals surface area contributed by atoms with E-state index in [0.29, 0.717) is 12.3 Å². The molecular weight excluding hydrogens is 254 g/mol. The van der Waals surface area contributed by atoms with Crippen LogP contribution in [0.1, 0.15) is 30.2 Å². The van der Waals surface area contributed by atoms with E-state index in [0.717, 1.165) is 25.2 Å². The number of piperidine rings is 1. The predicted octanol–water partition coefficient (Wildman–Crippen LogP) is 3.39. The number of hydrogen-bond acceptors (Lipinski definition) is 4. The number of fused-ring (bicyclic) bond motifs is 1. The summed E-state index contributed by atoms with van der Waals surface area (Å²) >= 11 is 1.84. The van der Waals surface area contributed by atoms with Gasteiger partial charge in [-0.1, -0.05) is 12.1 Å². The Bertz CT molecular complexity index is 558. The van der Waals surface area contributed by atoms with Crippen LogP contribution >= 0.6 is 11.3 Å². The molecule has 98 valence electrons. The second-order valence-corrected chi connectivity index (χ2v) is 6.11. The standard InChI is InChI=1S/C15H17N3S/c16-8-3-9-18-10-6-12(7-11-18)15-17-13-4-1-2-5-14(13)19-15/h1-2,4-5,12H,3,6-7,9-11H2. The van der Waals surface area contributed by atoms with E-state index in [2.05, 4.69) is 35.2 Å². The molecule has 1 aromatic heterocycles. The molecule has 1 aliphatic rings. The van der Waals surface area contributed by atoms with Crippen LogP contribution in [-0.4, -0.2) is 29.5 Å². The molecule has 3 rings (SSSR count). The van der Waals surface area contributed by atoms with Gasteiger partial charge < -0.3 is 4.90 Å². The van der Waals surface area contributed by atoms with Crippen LogP contribution in [0.2, 0.25) is 0 Å². The van der Waals surface area contributed by atoms with Crippen LogP contribution in [0.5, 0.6) is 0 Å². The molecule has 0 aliphatic carbocycles. The van der Waals surface area contributed by atoms with Gasteiger partial charge in [-0.05, 0) is 38.1 Å². The maximum absolute atomic E-state index is 8.62. The summed E-state index contributed by atoms with van der Waals surface area (Å²) in [7, 11) is 0. The molecule has 0 saturated carbocycles. The first-order valence-electron chi connectivity index (χ1n) is 6.81. The van der Waals surface area contributed by atoms with E-state index in [1.807, 2.05) is 11.3 Å². The number of benzene rings is 1. The van der Waals surface area contributed by atoms with Gasteiger partial charge in [0.1, 0.15) is 0 Å². The lowest BCUT2D eigenvalue weighted by atomic mass is 9.97. The highest BCUT2D eigenvalue weighted by Crippen LogP contribution is 2.33. The van der Waals surface area contributed by atoms with Gasteiger partial charge in [0.15, 0.2) is 0 Å². The first kappa shape index (κ1) is 12.6. The molecule has 4 heteroatoms. The Morgan fingerprint density at radius 3 is 2.84 bits per heavy atom. The number of hydrogen-bond donors (Lipinski definition) is 0. The van der Waals surface area contributed by atoms with Crippen molar-refractivity contribution in [3.8, 4) is 6.07 Å².